The molecule has 2 aromatic rings. The van der Waals surface area contributed by atoms with Crippen molar-refractivity contribution in [3.05, 3.63) is 42.0 Å². The molecular weight excluding hydrogens is 318 g/mol. The summed E-state index contributed by atoms with van der Waals surface area (Å²) in [5, 5.41) is 14.0. The molecule has 0 aromatic heterocycles. The van der Waals surface area contributed by atoms with E-state index in [0.29, 0.717) is 6.42 Å². The molecule has 2 atom stereocenters. The third-order valence-electron chi connectivity index (χ3n) is 4.29. The van der Waals surface area contributed by atoms with Crippen LogP contribution >= 0.6 is 0 Å². The number of carbonyl (C=O) groups excluding carboxylic acids is 1. The zero-order valence-electron chi connectivity index (χ0n) is 15.1. The lowest BCUT2D eigenvalue weighted by molar-refractivity contribution is -0.142. The van der Waals surface area contributed by atoms with Crippen LogP contribution in [0, 0.1) is 5.92 Å². The van der Waals surface area contributed by atoms with Gasteiger partial charge in [0.15, 0.2) is 0 Å². The topological polar surface area (TPSA) is 75.6 Å². The zero-order valence-corrected chi connectivity index (χ0v) is 15.1. The van der Waals surface area contributed by atoms with Gasteiger partial charge in [-0.2, -0.15) is 0 Å². The van der Waals surface area contributed by atoms with E-state index in [1.807, 2.05) is 50.2 Å². The number of carboxylic acids is 1. The van der Waals surface area contributed by atoms with Crippen LogP contribution in [-0.2, 0) is 9.59 Å². The van der Waals surface area contributed by atoms with Crippen LogP contribution in [0.4, 0.5) is 0 Å². The third-order valence-corrected chi connectivity index (χ3v) is 4.29. The van der Waals surface area contributed by atoms with Crippen molar-refractivity contribution < 1.29 is 19.4 Å². The van der Waals surface area contributed by atoms with Crippen LogP contribution in [0.2, 0.25) is 0 Å². The molecule has 0 radical (unpaired) electrons. The maximum absolute atomic E-state index is 12.5. The number of amides is 1. The fraction of sp³-hybridized carbons (Fsp3) is 0.400. The third kappa shape index (κ3) is 4.72. The fourth-order valence-corrected chi connectivity index (χ4v) is 2.78. The van der Waals surface area contributed by atoms with Gasteiger partial charge in [-0.1, -0.05) is 38.1 Å². The minimum atomic E-state index is -1.00. The van der Waals surface area contributed by atoms with E-state index in [-0.39, 0.29) is 11.8 Å². The fourth-order valence-electron chi connectivity index (χ4n) is 2.78. The molecule has 2 aromatic carbocycles. The van der Waals surface area contributed by atoms with Crippen LogP contribution in [0.3, 0.4) is 0 Å². The van der Waals surface area contributed by atoms with Gasteiger partial charge in [-0.05, 0) is 47.7 Å². The lowest BCUT2D eigenvalue weighted by atomic mass is 9.96. The summed E-state index contributed by atoms with van der Waals surface area (Å²) in [5.41, 5.74) is 0.851. The van der Waals surface area contributed by atoms with Crippen molar-refractivity contribution in [3.63, 3.8) is 0 Å². The Morgan fingerprint density at radius 2 is 1.72 bits per heavy atom. The van der Waals surface area contributed by atoms with Crippen molar-refractivity contribution in [2.24, 2.45) is 5.92 Å². The summed E-state index contributed by atoms with van der Waals surface area (Å²) < 4.78 is 5.22. The van der Waals surface area contributed by atoms with Crippen LogP contribution in [0.5, 0.6) is 5.75 Å². The minimum Gasteiger partial charge on any atom is -0.497 e. The Morgan fingerprint density at radius 1 is 1.08 bits per heavy atom. The highest BCUT2D eigenvalue weighted by atomic mass is 16.5. The number of carbonyl (C=O) groups is 2. The van der Waals surface area contributed by atoms with Crippen molar-refractivity contribution >= 4 is 22.6 Å². The number of ether oxygens (including phenoxy) is 1. The second-order valence-electron chi connectivity index (χ2n) is 6.72. The van der Waals surface area contributed by atoms with E-state index in [9.17, 15) is 14.7 Å². The van der Waals surface area contributed by atoms with E-state index < -0.39 is 17.9 Å². The smallest absolute Gasteiger partial charge is 0.326 e. The molecule has 0 fully saturated rings. The molecule has 2 rings (SSSR count). The summed E-state index contributed by atoms with van der Waals surface area (Å²) in [6, 6.07) is 10.7. The largest absolute Gasteiger partial charge is 0.497 e. The van der Waals surface area contributed by atoms with Gasteiger partial charge in [0.1, 0.15) is 11.8 Å². The number of rotatable bonds is 7. The summed E-state index contributed by atoms with van der Waals surface area (Å²) >= 11 is 0. The van der Waals surface area contributed by atoms with Crippen LogP contribution in [-0.4, -0.2) is 30.1 Å². The van der Waals surface area contributed by atoms with Crippen LogP contribution in [0.15, 0.2) is 36.4 Å². The molecule has 0 aliphatic carbocycles. The van der Waals surface area contributed by atoms with E-state index in [1.165, 1.54) is 0 Å². The summed E-state index contributed by atoms with van der Waals surface area (Å²) in [5.74, 6) is -0.738. The molecule has 0 saturated carbocycles. The summed E-state index contributed by atoms with van der Waals surface area (Å²) in [6.45, 7) is 5.65. The number of aliphatic carboxylic acids is 1. The second kappa shape index (κ2) is 8.01. The first kappa shape index (κ1) is 18.8. The van der Waals surface area contributed by atoms with Gasteiger partial charge in [0, 0.05) is 0 Å². The summed E-state index contributed by atoms with van der Waals surface area (Å²) in [6.07, 6.45) is 0.408. The monoisotopic (exact) mass is 343 g/mol. The predicted octanol–water partition coefficient (Wildman–Crippen LogP) is 3.57. The van der Waals surface area contributed by atoms with E-state index in [1.54, 1.807) is 14.0 Å². The maximum Gasteiger partial charge on any atom is 0.326 e. The Hall–Kier alpha value is -2.56. The predicted molar refractivity (Wildman–Crippen MR) is 97.9 cm³/mol. The van der Waals surface area contributed by atoms with Crippen LogP contribution in [0.25, 0.3) is 10.8 Å². The van der Waals surface area contributed by atoms with Gasteiger partial charge < -0.3 is 15.2 Å². The van der Waals surface area contributed by atoms with Gasteiger partial charge >= 0.3 is 5.97 Å². The Bertz CT molecular complexity index is 769. The molecule has 0 aliphatic rings. The van der Waals surface area contributed by atoms with E-state index in [0.717, 1.165) is 22.1 Å². The first-order valence-electron chi connectivity index (χ1n) is 8.42. The Kier molecular flexibility index (Phi) is 6.02. The lowest BCUT2D eigenvalue weighted by Crippen LogP contribution is -2.43. The Balaban J connectivity index is 2.18. The number of hydrogen-bond donors (Lipinski definition) is 2. The molecule has 25 heavy (non-hydrogen) atoms. The molecule has 0 heterocycles. The number of nitrogens with one attached hydrogen (secondary N) is 1. The van der Waals surface area contributed by atoms with E-state index in [4.69, 9.17) is 4.74 Å². The van der Waals surface area contributed by atoms with Gasteiger partial charge in [-0.15, -0.1) is 0 Å². The van der Waals surface area contributed by atoms with Gasteiger partial charge in [0.25, 0.3) is 0 Å². The van der Waals surface area contributed by atoms with E-state index >= 15 is 0 Å². The molecule has 0 bridgehead atoms. The first-order valence-corrected chi connectivity index (χ1v) is 8.42. The molecule has 1 amide bonds. The van der Waals surface area contributed by atoms with Gasteiger partial charge in [-0.3, -0.25) is 4.79 Å². The van der Waals surface area contributed by atoms with Crippen molar-refractivity contribution in [1.82, 2.24) is 5.32 Å². The average Bonchev–Trinajstić information content (AvgIpc) is 2.58. The molecule has 0 saturated heterocycles. The Labute approximate surface area is 148 Å². The number of carboxylic acid groups (broad SMARTS) is 1. The molecule has 2 N–H and O–H groups in total. The zero-order chi connectivity index (χ0) is 18.6. The van der Waals surface area contributed by atoms with Crippen molar-refractivity contribution in [1.29, 1.82) is 0 Å². The molecule has 5 heteroatoms. The van der Waals surface area contributed by atoms with Crippen LogP contribution in [0.1, 0.15) is 38.7 Å². The van der Waals surface area contributed by atoms with Crippen molar-refractivity contribution in [3.8, 4) is 5.75 Å². The standard InChI is InChI=1S/C20H25NO4/c1-12(2)9-18(20(23)24)21-19(22)13(3)14-5-6-16-11-17(25-4)8-7-15(16)10-14/h5-8,10-13,18H,9H2,1-4H3,(H,21,22)(H,23,24)/t13?,18-/m1/s1. The SMILES string of the molecule is COc1ccc2cc(C(C)C(=O)N[C@H](CC(C)C)C(=O)O)ccc2c1. The van der Waals surface area contributed by atoms with Crippen molar-refractivity contribution in [2.75, 3.05) is 7.11 Å². The summed E-state index contributed by atoms with van der Waals surface area (Å²) in [7, 11) is 1.62. The number of methoxy groups -OCH3 is 1. The Morgan fingerprint density at radius 3 is 2.32 bits per heavy atom. The average molecular weight is 343 g/mol. The van der Waals surface area contributed by atoms with Crippen LogP contribution < -0.4 is 10.1 Å². The quantitative estimate of drug-likeness (QED) is 0.806. The van der Waals surface area contributed by atoms with E-state index in [2.05, 4.69) is 5.32 Å². The number of fused-ring (bicyclic) bond motifs is 1. The second-order valence-corrected chi connectivity index (χ2v) is 6.72. The highest BCUT2D eigenvalue weighted by molar-refractivity contribution is 5.90. The first-order chi connectivity index (χ1) is 11.8. The maximum atomic E-state index is 12.5. The normalized spacial score (nSPS) is 13.5. The molecular formula is C20H25NO4. The number of benzene rings is 2. The van der Waals surface area contributed by atoms with Gasteiger partial charge in [0.05, 0.1) is 13.0 Å². The van der Waals surface area contributed by atoms with Gasteiger partial charge in [-0.25, -0.2) is 4.79 Å². The lowest BCUT2D eigenvalue weighted by Gasteiger charge is -2.19. The molecule has 5 nitrogen and oxygen atoms in total. The number of hydrogen-bond acceptors (Lipinski definition) is 3. The minimum absolute atomic E-state index is 0.187. The molecule has 134 valence electrons. The highest BCUT2D eigenvalue weighted by Gasteiger charge is 2.24. The van der Waals surface area contributed by atoms with Crippen molar-refractivity contribution in [2.45, 2.75) is 39.2 Å². The molecule has 0 aliphatic heterocycles. The molecule has 1 unspecified atom stereocenters. The van der Waals surface area contributed by atoms with Gasteiger partial charge in [0.2, 0.25) is 5.91 Å². The molecule has 0 spiro atoms. The summed E-state index contributed by atoms with van der Waals surface area (Å²) in [4.78, 5) is 23.8. The highest BCUT2D eigenvalue weighted by Crippen LogP contribution is 2.25.